The van der Waals surface area contributed by atoms with Gasteiger partial charge in [0.15, 0.2) is 0 Å². The summed E-state index contributed by atoms with van der Waals surface area (Å²) < 4.78 is 4.93. The third-order valence-corrected chi connectivity index (χ3v) is 5.46. The van der Waals surface area contributed by atoms with Crippen LogP contribution in [0.3, 0.4) is 0 Å². The number of nitrogens with one attached hydrogen (secondary N) is 1. The highest BCUT2D eigenvalue weighted by molar-refractivity contribution is 5.84. The summed E-state index contributed by atoms with van der Waals surface area (Å²) in [7, 11) is 1.53. The Morgan fingerprint density at radius 2 is 2.03 bits per heavy atom. The van der Waals surface area contributed by atoms with Crippen LogP contribution in [0.1, 0.15) is 71.6 Å². The van der Waals surface area contributed by atoms with Crippen molar-refractivity contribution in [1.82, 2.24) is 5.32 Å². The quantitative estimate of drug-likeness (QED) is 0.317. The Hall–Kier alpha value is -1.66. The highest BCUT2D eigenvalue weighted by Gasteiger charge is 2.39. The van der Waals surface area contributed by atoms with Crippen molar-refractivity contribution in [1.29, 1.82) is 0 Å². The van der Waals surface area contributed by atoms with Gasteiger partial charge in [-0.25, -0.2) is 4.79 Å². The van der Waals surface area contributed by atoms with E-state index in [1.54, 1.807) is 13.0 Å². The van der Waals surface area contributed by atoms with Gasteiger partial charge in [-0.1, -0.05) is 50.5 Å². The van der Waals surface area contributed by atoms with E-state index < -0.39 is 17.8 Å². The number of alkyl carbamates (subject to hydrolysis) is 1. The summed E-state index contributed by atoms with van der Waals surface area (Å²) in [4.78, 5) is 23.2. The number of carbonyl (C=O) groups excluding carboxylic acids is 2. The average molecular weight is 410 g/mol. The standard InChI is InChI=1S/C23H39NO5/c1-4-5-10-14-23(2,28)15-13-19-18(20(25)17-21(19)26)12-9-7-6-8-11-16-29-22(27)24-3/h7,9,13,15,18-19,21,26,28H,4-6,8,10-12,14,16-17H2,1-3H3,(H,24,27)/b9-7-,15-13+/t18-,19-,21-,23+/m1/s1. The number of ketones is 1. The molecule has 0 radical (unpaired) electrons. The first-order valence-corrected chi connectivity index (χ1v) is 10.9. The molecule has 6 heteroatoms. The molecule has 0 aliphatic heterocycles. The van der Waals surface area contributed by atoms with Crippen molar-refractivity contribution in [2.45, 2.75) is 83.3 Å². The Labute approximate surface area is 175 Å². The minimum Gasteiger partial charge on any atom is -0.450 e. The molecule has 0 bridgehead atoms. The summed E-state index contributed by atoms with van der Waals surface area (Å²) in [6, 6.07) is 0. The number of hydrogen-bond acceptors (Lipinski definition) is 5. The molecule has 6 nitrogen and oxygen atoms in total. The maximum absolute atomic E-state index is 12.3. The smallest absolute Gasteiger partial charge is 0.406 e. The first-order chi connectivity index (χ1) is 13.8. The highest BCUT2D eigenvalue weighted by atomic mass is 16.5. The van der Waals surface area contributed by atoms with Gasteiger partial charge in [0.25, 0.3) is 0 Å². The fraction of sp³-hybridized carbons (Fsp3) is 0.739. The molecule has 1 fully saturated rings. The van der Waals surface area contributed by atoms with Gasteiger partial charge in [0.05, 0.1) is 18.3 Å². The first-order valence-electron chi connectivity index (χ1n) is 10.9. The SMILES string of the molecule is CCCCC[C@](C)(O)/C=C/[C@H]1[C@H](O)CC(=O)[C@@H]1C/C=C\CCCCOC(=O)NC. The lowest BCUT2D eigenvalue weighted by Crippen LogP contribution is -2.23. The van der Waals surface area contributed by atoms with Crippen molar-refractivity contribution in [2.75, 3.05) is 13.7 Å². The van der Waals surface area contributed by atoms with Gasteiger partial charge in [0.2, 0.25) is 0 Å². The Bertz CT molecular complexity index is 555. The molecule has 1 amide bonds. The lowest BCUT2D eigenvalue weighted by Gasteiger charge is -2.21. The van der Waals surface area contributed by atoms with Crippen LogP contribution in [0.15, 0.2) is 24.3 Å². The predicted molar refractivity (Wildman–Crippen MR) is 115 cm³/mol. The molecular weight excluding hydrogens is 370 g/mol. The fourth-order valence-corrected chi connectivity index (χ4v) is 3.62. The first kappa shape index (κ1) is 25.4. The molecule has 166 valence electrons. The Balaban J connectivity index is 2.44. The Morgan fingerprint density at radius 1 is 1.28 bits per heavy atom. The van der Waals surface area contributed by atoms with Crippen LogP contribution < -0.4 is 5.32 Å². The molecule has 0 saturated heterocycles. The maximum atomic E-state index is 12.3. The van der Waals surface area contributed by atoms with E-state index in [1.165, 1.54) is 7.05 Å². The normalized spacial score (nSPS) is 24.3. The van der Waals surface area contributed by atoms with Gasteiger partial charge in [-0.05, 0) is 39.0 Å². The van der Waals surface area contributed by atoms with Crippen molar-refractivity contribution in [2.24, 2.45) is 11.8 Å². The van der Waals surface area contributed by atoms with E-state index in [0.717, 1.165) is 38.5 Å². The zero-order valence-corrected chi connectivity index (χ0v) is 18.2. The van der Waals surface area contributed by atoms with Crippen LogP contribution in [0.25, 0.3) is 0 Å². The highest BCUT2D eigenvalue weighted by Crippen LogP contribution is 2.34. The molecule has 1 aliphatic carbocycles. The summed E-state index contributed by atoms with van der Waals surface area (Å²) >= 11 is 0. The molecule has 0 aromatic carbocycles. The number of rotatable bonds is 13. The second-order valence-electron chi connectivity index (χ2n) is 8.18. The van der Waals surface area contributed by atoms with E-state index in [0.29, 0.717) is 19.4 Å². The number of unbranched alkanes of at least 4 members (excludes halogenated alkanes) is 4. The number of hydrogen-bond donors (Lipinski definition) is 3. The Kier molecular flexibility index (Phi) is 11.9. The Morgan fingerprint density at radius 3 is 2.72 bits per heavy atom. The number of Topliss-reactive ketones (excluding diaryl/α,β-unsaturated/α-hetero) is 1. The number of carbonyl (C=O) groups is 2. The average Bonchev–Trinajstić information content (AvgIpc) is 2.94. The fourth-order valence-electron chi connectivity index (χ4n) is 3.62. The van der Waals surface area contributed by atoms with Crippen LogP contribution in [0.4, 0.5) is 4.79 Å². The van der Waals surface area contributed by atoms with Gasteiger partial charge in [0, 0.05) is 25.3 Å². The zero-order chi connectivity index (χ0) is 21.7. The predicted octanol–water partition coefficient (Wildman–Crippen LogP) is 3.91. The summed E-state index contributed by atoms with van der Waals surface area (Å²) in [5.74, 6) is -0.396. The van der Waals surface area contributed by atoms with E-state index in [9.17, 15) is 19.8 Å². The lowest BCUT2D eigenvalue weighted by atomic mass is 9.88. The zero-order valence-electron chi connectivity index (χ0n) is 18.2. The second kappa shape index (κ2) is 13.5. The van der Waals surface area contributed by atoms with Crippen molar-refractivity contribution >= 4 is 11.9 Å². The molecule has 1 rings (SSSR count). The van der Waals surface area contributed by atoms with Crippen molar-refractivity contribution in [3.8, 4) is 0 Å². The third kappa shape index (κ3) is 10.1. The molecular formula is C23H39NO5. The molecule has 3 N–H and O–H groups in total. The topological polar surface area (TPSA) is 95.9 Å². The van der Waals surface area contributed by atoms with Crippen LogP contribution in [0.5, 0.6) is 0 Å². The summed E-state index contributed by atoms with van der Waals surface area (Å²) in [5, 5.41) is 23.2. The molecule has 1 aliphatic rings. The number of allylic oxidation sites excluding steroid dienone is 2. The molecule has 1 saturated carbocycles. The summed E-state index contributed by atoms with van der Waals surface area (Å²) in [6.07, 6.45) is 13.7. The number of aliphatic hydroxyl groups excluding tert-OH is 1. The molecule has 0 aromatic heterocycles. The number of ether oxygens (including phenoxy) is 1. The van der Waals surface area contributed by atoms with Crippen molar-refractivity contribution < 1.29 is 24.5 Å². The van der Waals surface area contributed by atoms with Gasteiger partial charge < -0.3 is 20.3 Å². The van der Waals surface area contributed by atoms with Gasteiger partial charge in [-0.2, -0.15) is 0 Å². The monoisotopic (exact) mass is 409 g/mol. The molecule has 0 unspecified atom stereocenters. The number of aliphatic hydroxyl groups is 2. The largest absolute Gasteiger partial charge is 0.450 e. The third-order valence-electron chi connectivity index (χ3n) is 5.46. The van der Waals surface area contributed by atoms with Crippen LogP contribution in [-0.2, 0) is 9.53 Å². The molecule has 29 heavy (non-hydrogen) atoms. The minimum absolute atomic E-state index is 0.0846. The van der Waals surface area contributed by atoms with Crippen LogP contribution >= 0.6 is 0 Å². The van der Waals surface area contributed by atoms with E-state index in [1.807, 2.05) is 18.2 Å². The lowest BCUT2D eigenvalue weighted by molar-refractivity contribution is -0.121. The second-order valence-corrected chi connectivity index (χ2v) is 8.18. The van der Waals surface area contributed by atoms with E-state index in [4.69, 9.17) is 4.74 Å². The summed E-state index contributed by atoms with van der Waals surface area (Å²) in [5.41, 5.74) is -0.905. The van der Waals surface area contributed by atoms with Crippen LogP contribution in [-0.4, -0.2) is 47.4 Å². The van der Waals surface area contributed by atoms with Gasteiger partial charge in [0.1, 0.15) is 5.78 Å². The minimum atomic E-state index is -0.905. The summed E-state index contributed by atoms with van der Waals surface area (Å²) in [6.45, 7) is 4.30. The molecule has 0 aromatic rings. The molecule has 4 atom stereocenters. The maximum Gasteiger partial charge on any atom is 0.406 e. The van der Waals surface area contributed by atoms with E-state index >= 15 is 0 Å². The van der Waals surface area contributed by atoms with Crippen LogP contribution in [0.2, 0.25) is 0 Å². The van der Waals surface area contributed by atoms with Crippen molar-refractivity contribution in [3.05, 3.63) is 24.3 Å². The van der Waals surface area contributed by atoms with Gasteiger partial charge in [-0.3, -0.25) is 4.79 Å². The molecule has 0 heterocycles. The van der Waals surface area contributed by atoms with E-state index in [2.05, 4.69) is 12.2 Å². The van der Waals surface area contributed by atoms with E-state index in [-0.39, 0.29) is 24.0 Å². The number of amides is 1. The molecule has 0 spiro atoms. The van der Waals surface area contributed by atoms with Gasteiger partial charge >= 0.3 is 6.09 Å². The van der Waals surface area contributed by atoms with Gasteiger partial charge in [-0.15, -0.1) is 0 Å². The van der Waals surface area contributed by atoms with Crippen LogP contribution in [0, 0.1) is 11.8 Å². The van der Waals surface area contributed by atoms with Crippen molar-refractivity contribution in [3.63, 3.8) is 0 Å².